The number of anilines is 3. The average molecular weight is 444 g/mol. The molecule has 0 radical (unpaired) electrons. The fourth-order valence-corrected chi connectivity index (χ4v) is 4.33. The van der Waals surface area contributed by atoms with Gasteiger partial charge in [-0.1, -0.05) is 17.7 Å². The van der Waals surface area contributed by atoms with Gasteiger partial charge in [-0.2, -0.15) is 0 Å². The van der Waals surface area contributed by atoms with Gasteiger partial charge in [0.05, 0.1) is 35.1 Å². The van der Waals surface area contributed by atoms with Gasteiger partial charge in [-0.15, -0.1) is 0 Å². The van der Waals surface area contributed by atoms with E-state index in [2.05, 4.69) is 20.2 Å². The van der Waals surface area contributed by atoms with Gasteiger partial charge < -0.3 is 19.7 Å². The van der Waals surface area contributed by atoms with Crippen molar-refractivity contribution in [2.24, 2.45) is 0 Å². The van der Waals surface area contributed by atoms with E-state index in [1.54, 1.807) is 29.2 Å². The molecule has 1 amide bonds. The maximum Gasteiger partial charge on any atom is 0.415 e. The van der Waals surface area contributed by atoms with Crippen molar-refractivity contribution >= 4 is 45.8 Å². The number of amides is 1. The van der Waals surface area contributed by atoms with Crippen LogP contribution in [0.25, 0.3) is 10.9 Å². The van der Waals surface area contributed by atoms with E-state index in [9.17, 15) is 9.18 Å². The zero-order chi connectivity index (χ0) is 21.7. The summed E-state index contributed by atoms with van der Waals surface area (Å²) in [4.78, 5) is 25.0. The number of likely N-dealkylation sites (tertiary alicyclic amines) is 1. The van der Waals surface area contributed by atoms with Crippen LogP contribution in [0.2, 0.25) is 5.02 Å². The van der Waals surface area contributed by atoms with Gasteiger partial charge in [-0.25, -0.2) is 19.2 Å². The summed E-state index contributed by atoms with van der Waals surface area (Å²) >= 11 is 5.90. The van der Waals surface area contributed by atoms with Crippen LogP contribution >= 0.6 is 11.6 Å². The van der Waals surface area contributed by atoms with Gasteiger partial charge in [-0.05, 0) is 25.2 Å². The topological polar surface area (TPSA) is 79.8 Å². The lowest BCUT2D eigenvalue weighted by Crippen LogP contribution is -2.37. The van der Waals surface area contributed by atoms with Crippen molar-refractivity contribution in [2.75, 3.05) is 37.5 Å². The van der Waals surface area contributed by atoms with Gasteiger partial charge in [0.2, 0.25) is 0 Å². The Hall–Kier alpha value is -3.17. The monoisotopic (exact) mass is 443 g/mol. The highest BCUT2D eigenvalue weighted by atomic mass is 35.5. The molecule has 2 unspecified atom stereocenters. The van der Waals surface area contributed by atoms with Gasteiger partial charge in [-0.3, -0.25) is 4.90 Å². The Morgan fingerprint density at radius 2 is 2.13 bits per heavy atom. The summed E-state index contributed by atoms with van der Waals surface area (Å²) in [6.45, 7) is 1.36. The number of likely N-dealkylation sites (N-methyl/N-ethyl adjacent to an activating group) is 1. The molecular formula is C21H19ClFN5O3. The average Bonchev–Trinajstić information content (AvgIpc) is 3.24. The van der Waals surface area contributed by atoms with Crippen LogP contribution in [0.1, 0.15) is 0 Å². The minimum Gasteiger partial charge on any atom is -0.494 e. The molecule has 5 rings (SSSR count). The number of carbonyl (C=O) groups is 1. The number of rotatable bonds is 4. The van der Waals surface area contributed by atoms with Crippen molar-refractivity contribution in [1.29, 1.82) is 0 Å². The molecule has 1 N–H and O–H groups in total. The predicted molar refractivity (Wildman–Crippen MR) is 115 cm³/mol. The van der Waals surface area contributed by atoms with Crippen molar-refractivity contribution in [3.8, 4) is 5.75 Å². The van der Waals surface area contributed by atoms with Crippen LogP contribution < -0.4 is 15.0 Å². The molecule has 2 aliphatic heterocycles. The second-order valence-electron chi connectivity index (χ2n) is 7.57. The summed E-state index contributed by atoms with van der Waals surface area (Å²) in [6.07, 6.45) is 0.745. The number of hydrogen-bond acceptors (Lipinski definition) is 7. The first kappa shape index (κ1) is 19.8. The Morgan fingerprint density at radius 3 is 2.94 bits per heavy atom. The standard InChI is InChI=1S/C21H19ClFN5O3/c1-27-8-16-18(9-27)31-21(29)28(16)15-6-11-14(7-17(15)30-2)24-10-25-20(11)26-13-5-3-4-12(22)19(13)23/h3-7,10,16,18H,8-9H2,1-2H3,(H,24,25,26). The van der Waals surface area contributed by atoms with E-state index in [0.29, 0.717) is 41.2 Å². The van der Waals surface area contributed by atoms with Crippen molar-refractivity contribution in [3.63, 3.8) is 0 Å². The molecule has 0 bridgehead atoms. The second-order valence-corrected chi connectivity index (χ2v) is 7.98. The second kappa shape index (κ2) is 7.51. The third kappa shape index (κ3) is 3.30. The van der Waals surface area contributed by atoms with Gasteiger partial charge >= 0.3 is 6.09 Å². The summed E-state index contributed by atoms with van der Waals surface area (Å²) in [5, 5.41) is 3.58. The number of ether oxygens (including phenoxy) is 2. The Kier molecular flexibility index (Phi) is 4.79. The largest absolute Gasteiger partial charge is 0.494 e. The molecule has 1 aromatic heterocycles. The molecule has 0 aliphatic carbocycles. The third-order valence-electron chi connectivity index (χ3n) is 5.60. The SMILES string of the molecule is COc1cc2ncnc(Nc3cccc(Cl)c3F)c2cc1N1C(=O)OC2CN(C)CC21. The van der Waals surface area contributed by atoms with Gasteiger partial charge in [0, 0.05) is 24.5 Å². The van der Waals surface area contributed by atoms with E-state index in [-0.39, 0.29) is 22.9 Å². The number of aromatic nitrogens is 2. The van der Waals surface area contributed by atoms with Crippen LogP contribution in [-0.2, 0) is 4.74 Å². The van der Waals surface area contributed by atoms with Crippen molar-refractivity contribution in [3.05, 3.63) is 47.5 Å². The molecule has 2 aromatic carbocycles. The molecule has 160 valence electrons. The molecule has 3 aromatic rings. The van der Waals surface area contributed by atoms with Gasteiger partial charge in [0.15, 0.2) is 5.82 Å². The molecule has 2 saturated heterocycles. The quantitative estimate of drug-likeness (QED) is 0.656. The summed E-state index contributed by atoms with van der Waals surface area (Å²) in [7, 11) is 3.52. The first-order valence-electron chi connectivity index (χ1n) is 9.68. The minimum atomic E-state index is -0.579. The molecule has 8 nitrogen and oxygen atoms in total. The van der Waals surface area contributed by atoms with Gasteiger partial charge in [0.25, 0.3) is 0 Å². The molecule has 10 heteroatoms. The Labute approximate surface area is 182 Å². The summed E-state index contributed by atoms with van der Waals surface area (Å²) in [5.74, 6) is 0.283. The number of nitrogens with zero attached hydrogens (tertiary/aromatic N) is 4. The van der Waals surface area contributed by atoms with Crippen LogP contribution in [-0.4, -0.2) is 60.4 Å². The lowest BCUT2D eigenvalue weighted by Gasteiger charge is -2.23. The van der Waals surface area contributed by atoms with Crippen LogP contribution in [0.3, 0.4) is 0 Å². The highest BCUT2D eigenvalue weighted by Gasteiger charge is 2.48. The van der Waals surface area contributed by atoms with E-state index >= 15 is 0 Å². The molecule has 2 atom stereocenters. The zero-order valence-corrected chi connectivity index (χ0v) is 17.6. The van der Waals surface area contributed by atoms with E-state index in [0.717, 1.165) is 0 Å². The molecule has 2 aliphatic rings. The lowest BCUT2D eigenvalue weighted by molar-refractivity contribution is 0.135. The maximum absolute atomic E-state index is 14.4. The van der Waals surface area contributed by atoms with E-state index in [1.165, 1.54) is 19.5 Å². The molecule has 31 heavy (non-hydrogen) atoms. The highest BCUT2D eigenvalue weighted by Crippen LogP contribution is 2.40. The van der Waals surface area contributed by atoms with Crippen molar-refractivity contribution < 1.29 is 18.7 Å². The third-order valence-corrected chi connectivity index (χ3v) is 5.89. The Balaban J connectivity index is 1.62. The predicted octanol–water partition coefficient (Wildman–Crippen LogP) is 3.81. The number of carbonyl (C=O) groups excluding carboxylic acids is 1. The smallest absolute Gasteiger partial charge is 0.415 e. The zero-order valence-electron chi connectivity index (χ0n) is 16.8. The fourth-order valence-electron chi connectivity index (χ4n) is 4.15. The lowest BCUT2D eigenvalue weighted by atomic mass is 10.1. The molecular weight excluding hydrogens is 425 g/mol. The van der Waals surface area contributed by atoms with E-state index in [4.69, 9.17) is 21.1 Å². The number of nitrogens with one attached hydrogen (secondary N) is 1. The number of halogens is 2. The number of fused-ring (bicyclic) bond motifs is 2. The summed E-state index contributed by atoms with van der Waals surface area (Å²) < 4.78 is 25.6. The number of hydrogen-bond donors (Lipinski definition) is 1. The first-order valence-corrected chi connectivity index (χ1v) is 10.1. The molecule has 2 fully saturated rings. The maximum atomic E-state index is 14.4. The normalized spacial score (nSPS) is 20.8. The number of methoxy groups -OCH3 is 1. The molecule has 0 spiro atoms. The fraction of sp³-hybridized carbons (Fsp3) is 0.286. The Bertz CT molecular complexity index is 1190. The molecule has 3 heterocycles. The van der Waals surface area contributed by atoms with Gasteiger partial charge in [0.1, 0.15) is 24.0 Å². The summed E-state index contributed by atoms with van der Waals surface area (Å²) in [5.41, 5.74) is 1.31. The van der Waals surface area contributed by atoms with Crippen molar-refractivity contribution in [1.82, 2.24) is 14.9 Å². The van der Waals surface area contributed by atoms with E-state index < -0.39 is 11.9 Å². The van der Waals surface area contributed by atoms with Crippen LogP contribution in [0.5, 0.6) is 5.75 Å². The minimum absolute atomic E-state index is 0.00178. The highest BCUT2D eigenvalue weighted by molar-refractivity contribution is 6.31. The number of benzene rings is 2. The van der Waals surface area contributed by atoms with E-state index in [1.807, 2.05) is 7.05 Å². The molecule has 0 saturated carbocycles. The van der Waals surface area contributed by atoms with Crippen molar-refractivity contribution in [2.45, 2.75) is 12.1 Å². The van der Waals surface area contributed by atoms with Crippen LogP contribution in [0.15, 0.2) is 36.7 Å². The summed E-state index contributed by atoms with van der Waals surface area (Å²) in [6, 6.07) is 8.04. The van der Waals surface area contributed by atoms with Crippen LogP contribution in [0, 0.1) is 5.82 Å². The first-order chi connectivity index (χ1) is 15.0. The Morgan fingerprint density at radius 1 is 1.29 bits per heavy atom. The van der Waals surface area contributed by atoms with Crippen LogP contribution in [0.4, 0.5) is 26.4 Å².